The molecule has 18 heavy (non-hydrogen) atoms. The van der Waals surface area contributed by atoms with E-state index in [1.165, 1.54) is 6.08 Å². The summed E-state index contributed by atoms with van der Waals surface area (Å²) in [6.45, 7) is 9.02. The molecule has 1 fully saturated rings. The highest BCUT2D eigenvalue weighted by atomic mass is 16.1. The lowest BCUT2D eigenvalue weighted by Crippen LogP contribution is -2.55. The molecule has 1 aliphatic rings. The highest BCUT2D eigenvalue weighted by Crippen LogP contribution is 2.22. The lowest BCUT2D eigenvalue weighted by atomic mass is 9.94. The van der Waals surface area contributed by atoms with Gasteiger partial charge in [0.05, 0.1) is 12.5 Å². The highest BCUT2D eigenvalue weighted by Gasteiger charge is 2.31. The van der Waals surface area contributed by atoms with Crippen LogP contribution in [0.15, 0.2) is 12.2 Å². The average Bonchev–Trinajstić information content (AvgIpc) is 2.37. The number of piperazine rings is 1. The minimum absolute atomic E-state index is 0.364. The summed E-state index contributed by atoms with van der Waals surface area (Å²) in [7, 11) is 0. The Morgan fingerprint density at radius 3 is 2.50 bits per heavy atom. The first-order chi connectivity index (χ1) is 8.51. The number of likely N-dealkylation sites (N-methyl/N-ethyl adjacent to an activating group) is 1. The van der Waals surface area contributed by atoms with Crippen LogP contribution in [0.2, 0.25) is 0 Å². The zero-order chi connectivity index (χ0) is 13.6. The Kier molecular flexibility index (Phi) is 5.32. The number of hydrogen-bond donors (Lipinski definition) is 1. The Bertz CT molecular complexity index is 352. The van der Waals surface area contributed by atoms with E-state index in [0.717, 1.165) is 32.7 Å². The van der Waals surface area contributed by atoms with Crippen molar-refractivity contribution in [2.45, 2.75) is 25.8 Å². The van der Waals surface area contributed by atoms with Crippen LogP contribution in [-0.2, 0) is 4.79 Å². The molecule has 0 aromatic heterocycles. The molecule has 0 radical (unpaired) electrons. The van der Waals surface area contributed by atoms with Crippen molar-refractivity contribution < 1.29 is 4.79 Å². The maximum absolute atomic E-state index is 10.9. The van der Waals surface area contributed by atoms with Crippen LogP contribution < -0.4 is 5.73 Å². The van der Waals surface area contributed by atoms with Gasteiger partial charge in [-0.25, -0.2) is 0 Å². The Labute approximate surface area is 109 Å². The summed E-state index contributed by atoms with van der Waals surface area (Å²) in [6, 6.07) is 2.20. The van der Waals surface area contributed by atoms with Gasteiger partial charge in [-0.05, 0) is 13.5 Å². The molecule has 0 aliphatic carbocycles. The highest BCUT2D eigenvalue weighted by molar-refractivity contribution is 5.85. The van der Waals surface area contributed by atoms with Crippen LogP contribution >= 0.6 is 0 Å². The Balaban J connectivity index is 2.73. The summed E-state index contributed by atoms with van der Waals surface area (Å²) in [6.07, 6.45) is 3.49. The standard InChI is InChI=1S/C13H22N4O/c1-3-16-8-10-17(11-9-16)13(2,6-7-14)5-4-12(15)18/h4-5H,3,6,8-11H2,1-2H3,(H2,15,18). The van der Waals surface area contributed by atoms with Gasteiger partial charge in [-0.3, -0.25) is 9.69 Å². The van der Waals surface area contributed by atoms with Gasteiger partial charge in [0.2, 0.25) is 5.91 Å². The van der Waals surface area contributed by atoms with E-state index in [9.17, 15) is 4.79 Å². The van der Waals surface area contributed by atoms with E-state index in [4.69, 9.17) is 11.0 Å². The molecule has 1 amide bonds. The summed E-state index contributed by atoms with van der Waals surface area (Å²) < 4.78 is 0. The lowest BCUT2D eigenvalue weighted by Gasteiger charge is -2.43. The van der Waals surface area contributed by atoms with Crippen molar-refractivity contribution in [1.29, 1.82) is 5.26 Å². The van der Waals surface area contributed by atoms with Crippen molar-refractivity contribution >= 4 is 5.91 Å². The molecule has 1 atom stereocenters. The van der Waals surface area contributed by atoms with Gasteiger partial charge < -0.3 is 10.6 Å². The number of nitrogens with two attached hydrogens (primary N) is 1. The van der Waals surface area contributed by atoms with E-state index in [2.05, 4.69) is 22.8 Å². The third-order valence-electron chi connectivity index (χ3n) is 3.59. The molecule has 0 aromatic carbocycles. The zero-order valence-corrected chi connectivity index (χ0v) is 11.2. The number of rotatable bonds is 5. The largest absolute Gasteiger partial charge is 0.366 e. The van der Waals surface area contributed by atoms with Crippen LogP contribution in [0.5, 0.6) is 0 Å². The minimum atomic E-state index is -0.466. The summed E-state index contributed by atoms with van der Waals surface area (Å²) in [4.78, 5) is 15.5. The van der Waals surface area contributed by atoms with E-state index in [1.807, 2.05) is 6.92 Å². The molecule has 1 unspecified atom stereocenters. The van der Waals surface area contributed by atoms with Gasteiger partial charge in [0.1, 0.15) is 0 Å². The summed E-state index contributed by atoms with van der Waals surface area (Å²) >= 11 is 0. The summed E-state index contributed by atoms with van der Waals surface area (Å²) in [5, 5.41) is 8.96. The van der Waals surface area contributed by atoms with Gasteiger partial charge in [-0.1, -0.05) is 13.0 Å². The van der Waals surface area contributed by atoms with E-state index in [-0.39, 0.29) is 0 Å². The SMILES string of the molecule is CCN1CCN(C(C)(C=CC(N)=O)CC#N)CC1. The molecule has 0 aromatic rings. The van der Waals surface area contributed by atoms with Gasteiger partial charge in [0, 0.05) is 37.8 Å². The molecular weight excluding hydrogens is 228 g/mol. The number of carbonyl (C=O) groups is 1. The Hall–Kier alpha value is -1.38. The first-order valence-electron chi connectivity index (χ1n) is 6.35. The van der Waals surface area contributed by atoms with Crippen molar-refractivity contribution in [2.75, 3.05) is 32.7 Å². The van der Waals surface area contributed by atoms with Gasteiger partial charge >= 0.3 is 0 Å². The molecule has 2 N–H and O–H groups in total. The average molecular weight is 250 g/mol. The number of carbonyl (C=O) groups excluding carboxylic acids is 1. The summed E-state index contributed by atoms with van der Waals surface area (Å²) in [5.41, 5.74) is 4.73. The van der Waals surface area contributed by atoms with Crippen LogP contribution in [0, 0.1) is 11.3 Å². The van der Waals surface area contributed by atoms with Crippen molar-refractivity contribution in [3.05, 3.63) is 12.2 Å². The topological polar surface area (TPSA) is 73.4 Å². The molecule has 0 bridgehead atoms. The normalized spacial score (nSPS) is 21.6. The zero-order valence-electron chi connectivity index (χ0n) is 11.2. The van der Waals surface area contributed by atoms with Crippen LogP contribution in [-0.4, -0.2) is 54.0 Å². The van der Waals surface area contributed by atoms with E-state index in [0.29, 0.717) is 6.42 Å². The molecule has 1 rings (SSSR count). The first-order valence-corrected chi connectivity index (χ1v) is 6.35. The van der Waals surface area contributed by atoms with E-state index < -0.39 is 11.4 Å². The van der Waals surface area contributed by atoms with Crippen molar-refractivity contribution in [1.82, 2.24) is 9.80 Å². The van der Waals surface area contributed by atoms with Gasteiger partial charge in [-0.15, -0.1) is 0 Å². The number of nitriles is 1. The Morgan fingerprint density at radius 1 is 1.44 bits per heavy atom. The van der Waals surface area contributed by atoms with Crippen LogP contribution in [0.25, 0.3) is 0 Å². The number of amides is 1. The van der Waals surface area contributed by atoms with Gasteiger partial charge in [0.15, 0.2) is 0 Å². The molecule has 100 valence electrons. The molecule has 5 nitrogen and oxygen atoms in total. The lowest BCUT2D eigenvalue weighted by molar-refractivity contribution is -0.113. The van der Waals surface area contributed by atoms with Crippen molar-refractivity contribution in [3.63, 3.8) is 0 Å². The molecule has 5 heteroatoms. The van der Waals surface area contributed by atoms with E-state index in [1.54, 1.807) is 6.08 Å². The quantitative estimate of drug-likeness (QED) is 0.714. The minimum Gasteiger partial charge on any atom is -0.366 e. The smallest absolute Gasteiger partial charge is 0.241 e. The number of hydrogen-bond acceptors (Lipinski definition) is 4. The molecule has 0 saturated carbocycles. The third kappa shape index (κ3) is 3.83. The van der Waals surface area contributed by atoms with Crippen molar-refractivity contribution in [3.8, 4) is 6.07 Å². The fraction of sp³-hybridized carbons (Fsp3) is 0.692. The van der Waals surface area contributed by atoms with Crippen LogP contribution in [0.4, 0.5) is 0 Å². The van der Waals surface area contributed by atoms with Gasteiger partial charge in [0.25, 0.3) is 0 Å². The fourth-order valence-corrected chi connectivity index (χ4v) is 2.27. The number of primary amides is 1. The second-order valence-electron chi connectivity index (χ2n) is 4.85. The summed E-state index contributed by atoms with van der Waals surface area (Å²) in [5.74, 6) is -0.466. The predicted molar refractivity (Wildman–Crippen MR) is 70.7 cm³/mol. The second kappa shape index (κ2) is 6.53. The van der Waals surface area contributed by atoms with Gasteiger partial charge in [-0.2, -0.15) is 5.26 Å². The molecule has 1 saturated heterocycles. The van der Waals surface area contributed by atoms with Crippen molar-refractivity contribution in [2.24, 2.45) is 5.73 Å². The fourth-order valence-electron chi connectivity index (χ4n) is 2.27. The third-order valence-corrected chi connectivity index (χ3v) is 3.59. The molecule has 1 heterocycles. The maximum Gasteiger partial charge on any atom is 0.241 e. The molecular formula is C13H22N4O. The second-order valence-corrected chi connectivity index (χ2v) is 4.85. The monoisotopic (exact) mass is 250 g/mol. The predicted octanol–water partition coefficient (Wildman–Crippen LogP) is 0.338. The first kappa shape index (κ1) is 14.7. The van der Waals surface area contributed by atoms with E-state index >= 15 is 0 Å². The maximum atomic E-state index is 10.9. The molecule has 1 aliphatic heterocycles. The number of nitrogens with zero attached hydrogens (tertiary/aromatic N) is 3. The van der Waals surface area contributed by atoms with Crippen LogP contribution in [0.3, 0.4) is 0 Å². The Morgan fingerprint density at radius 2 is 2.06 bits per heavy atom. The van der Waals surface area contributed by atoms with Crippen LogP contribution in [0.1, 0.15) is 20.3 Å². The molecule has 0 spiro atoms.